The Morgan fingerprint density at radius 2 is 2.00 bits per heavy atom. The second kappa shape index (κ2) is 6.94. The maximum atomic E-state index is 11.0. The monoisotopic (exact) mass is 440 g/mol. The number of benzene rings is 1. The Hall–Kier alpha value is -1.68. The second-order valence-corrected chi connectivity index (χ2v) is 8.67. The molecule has 4 rings (SSSR count). The summed E-state index contributed by atoms with van der Waals surface area (Å²) in [5.74, 6) is 0.0974. The van der Waals surface area contributed by atoms with Crippen LogP contribution in [0.4, 0.5) is 0 Å². The van der Waals surface area contributed by atoms with E-state index in [1.165, 1.54) is 19.3 Å². The zero-order valence-electron chi connectivity index (χ0n) is 15.8. The van der Waals surface area contributed by atoms with Crippen molar-refractivity contribution in [2.24, 2.45) is 21.6 Å². The average molecular weight is 441 g/mol. The maximum absolute atomic E-state index is 11.0. The van der Waals surface area contributed by atoms with E-state index >= 15 is 0 Å². The van der Waals surface area contributed by atoms with Crippen molar-refractivity contribution >= 4 is 35.4 Å². The molecule has 0 spiro atoms. The van der Waals surface area contributed by atoms with Crippen LogP contribution in [-0.4, -0.2) is 62.1 Å². The van der Waals surface area contributed by atoms with Gasteiger partial charge in [0, 0.05) is 6.20 Å². The van der Waals surface area contributed by atoms with Crippen molar-refractivity contribution in [3.63, 3.8) is 0 Å². The first-order valence-electron chi connectivity index (χ1n) is 9.10. The molecule has 1 fully saturated rings. The van der Waals surface area contributed by atoms with E-state index in [9.17, 15) is 15.3 Å². The Morgan fingerprint density at radius 1 is 1.28 bits per heavy atom. The summed E-state index contributed by atoms with van der Waals surface area (Å²) in [5.41, 5.74) is 3.79. The molecule has 0 bridgehead atoms. The Labute approximate surface area is 177 Å². The van der Waals surface area contributed by atoms with Gasteiger partial charge in [0.05, 0.1) is 16.0 Å². The molecule has 2 unspecified atom stereocenters. The molecule has 156 valence electrons. The zero-order chi connectivity index (χ0) is 21.1. The molecule has 1 aromatic carbocycles. The highest BCUT2D eigenvalue weighted by Gasteiger charge is 2.60. The molecule has 1 saturated heterocycles. The molecule has 0 aromatic heterocycles. The van der Waals surface area contributed by atoms with Crippen LogP contribution in [0.1, 0.15) is 25.5 Å². The largest absolute Gasteiger partial charge is 0.386 e. The summed E-state index contributed by atoms with van der Waals surface area (Å²) in [7, 11) is 0. The number of aliphatic hydroxyl groups is 3. The lowest BCUT2D eigenvalue weighted by atomic mass is 9.87. The van der Waals surface area contributed by atoms with Crippen molar-refractivity contribution in [3.05, 3.63) is 46.1 Å². The van der Waals surface area contributed by atoms with Crippen LogP contribution >= 0.6 is 23.2 Å². The van der Waals surface area contributed by atoms with E-state index in [0.717, 1.165) is 0 Å². The Kier molecular flexibility index (Phi) is 4.92. The fourth-order valence-electron chi connectivity index (χ4n) is 4.14. The van der Waals surface area contributed by atoms with Crippen LogP contribution in [0.2, 0.25) is 10.0 Å². The SMILES string of the molecule is CC12N=CN=C(N)C1C=CN2[C@@H]1O[C@H]([C@@H](O)c2ccc(Cl)c(Cl)c2)[C@@](C)(O)[C@H]1O. The van der Waals surface area contributed by atoms with E-state index in [2.05, 4.69) is 9.98 Å². The molecule has 3 aliphatic heterocycles. The minimum Gasteiger partial charge on any atom is -0.386 e. The van der Waals surface area contributed by atoms with Crippen LogP contribution in [0.3, 0.4) is 0 Å². The van der Waals surface area contributed by atoms with Gasteiger partial charge in [-0.2, -0.15) is 0 Å². The third-order valence-electron chi connectivity index (χ3n) is 5.97. The Bertz CT molecular complexity index is 921. The number of amidine groups is 1. The van der Waals surface area contributed by atoms with Crippen molar-refractivity contribution in [2.75, 3.05) is 0 Å². The highest BCUT2D eigenvalue weighted by atomic mass is 35.5. The molecule has 0 radical (unpaired) electrons. The van der Waals surface area contributed by atoms with Gasteiger partial charge in [-0.3, -0.25) is 0 Å². The highest BCUT2D eigenvalue weighted by molar-refractivity contribution is 6.42. The molecule has 10 heteroatoms. The van der Waals surface area contributed by atoms with Crippen LogP contribution < -0.4 is 5.73 Å². The number of nitrogens with zero attached hydrogens (tertiary/aromatic N) is 3. The van der Waals surface area contributed by atoms with E-state index in [-0.39, 0.29) is 10.9 Å². The number of nitrogens with two attached hydrogens (primary N) is 1. The number of hydrogen-bond donors (Lipinski definition) is 4. The lowest BCUT2D eigenvalue weighted by molar-refractivity contribution is -0.131. The standard InChI is InChI=1S/C19H22Cl2N4O4/c1-18(28)14(27)17(25-6-5-10-16(22)23-8-24-19(10,25)2)29-15(18)13(26)9-3-4-11(20)12(21)7-9/h3-8,10,13-15,17,26-28H,1-2H3,(H2,22,23,24)/t10?,13-,14-,15+,17+,18-,19?/m0/s1. The van der Waals surface area contributed by atoms with Crippen LogP contribution in [0.25, 0.3) is 0 Å². The summed E-state index contributed by atoms with van der Waals surface area (Å²) in [6.45, 7) is 3.26. The van der Waals surface area contributed by atoms with E-state index in [0.29, 0.717) is 16.4 Å². The van der Waals surface area contributed by atoms with Crippen LogP contribution in [0, 0.1) is 5.92 Å². The van der Waals surface area contributed by atoms with Crippen molar-refractivity contribution in [1.82, 2.24) is 4.90 Å². The molecule has 29 heavy (non-hydrogen) atoms. The van der Waals surface area contributed by atoms with Crippen molar-refractivity contribution in [1.29, 1.82) is 0 Å². The second-order valence-electron chi connectivity index (χ2n) is 7.86. The van der Waals surface area contributed by atoms with Crippen molar-refractivity contribution in [2.45, 2.75) is 49.7 Å². The van der Waals surface area contributed by atoms with Gasteiger partial charge in [0.1, 0.15) is 41.7 Å². The number of rotatable bonds is 3. The number of aliphatic hydroxyl groups excluding tert-OH is 2. The van der Waals surface area contributed by atoms with Gasteiger partial charge in [-0.25, -0.2) is 9.98 Å². The molecule has 3 heterocycles. The predicted octanol–water partition coefficient (Wildman–Crippen LogP) is 1.42. The van der Waals surface area contributed by atoms with Gasteiger partial charge in [0.15, 0.2) is 6.23 Å². The third-order valence-corrected chi connectivity index (χ3v) is 6.71. The Balaban J connectivity index is 1.63. The lowest BCUT2D eigenvalue weighted by Gasteiger charge is -2.42. The molecule has 8 nitrogen and oxygen atoms in total. The zero-order valence-corrected chi connectivity index (χ0v) is 17.3. The van der Waals surface area contributed by atoms with E-state index in [1.807, 2.05) is 13.0 Å². The first-order chi connectivity index (χ1) is 13.6. The van der Waals surface area contributed by atoms with E-state index < -0.39 is 35.8 Å². The molecule has 1 aromatic rings. The van der Waals surface area contributed by atoms with Crippen molar-refractivity contribution < 1.29 is 20.1 Å². The normalized spacial score (nSPS) is 39.6. The molecule has 5 N–H and O–H groups in total. The van der Waals surface area contributed by atoms with Crippen LogP contribution in [0.5, 0.6) is 0 Å². The van der Waals surface area contributed by atoms with Gasteiger partial charge in [0.25, 0.3) is 0 Å². The first kappa shape index (κ1) is 20.6. The molecule has 0 amide bonds. The summed E-state index contributed by atoms with van der Waals surface area (Å²) in [4.78, 5) is 10.2. The fraction of sp³-hybridized carbons (Fsp3) is 0.474. The molecule has 0 saturated carbocycles. The van der Waals surface area contributed by atoms with Gasteiger partial charge in [0.2, 0.25) is 0 Å². The average Bonchev–Trinajstić information content (AvgIpc) is 3.12. The molecular weight excluding hydrogens is 419 g/mol. The van der Waals surface area contributed by atoms with Crippen molar-refractivity contribution in [3.8, 4) is 0 Å². The molecular formula is C19H22Cl2N4O4. The quantitative estimate of drug-likeness (QED) is 0.563. The maximum Gasteiger partial charge on any atom is 0.161 e. The summed E-state index contributed by atoms with van der Waals surface area (Å²) in [6.07, 6.45) is 0.219. The van der Waals surface area contributed by atoms with Gasteiger partial charge >= 0.3 is 0 Å². The summed E-state index contributed by atoms with van der Waals surface area (Å²) in [5, 5.41) is 33.4. The molecule has 0 aliphatic carbocycles. The molecule has 7 atom stereocenters. The number of hydrogen-bond acceptors (Lipinski definition) is 8. The minimum atomic E-state index is -1.75. The van der Waals surface area contributed by atoms with Gasteiger partial charge in [-0.15, -0.1) is 0 Å². The minimum absolute atomic E-state index is 0.266. The van der Waals surface area contributed by atoms with Crippen LogP contribution in [0.15, 0.2) is 40.5 Å². The third kappa shape index (κ3) is 3.06. The van der Waals surface area contributed by atoms with Gasteiger partial charge in [-0.05, 0) is 31.5 Å². The van der Waals surface area contributed by atoms with E-state index in [4.69, 9.17) is 33.7 Å². The smallest absolute Gasteiger partial charge is 0.161 e. The van der Waals surface area contributed by atoms with E-state index in [1.54, 1.807) is 23.2 Å². The highest BCUT2D eigenvalue weighted by Crippen LogP contribution is 2.45. The summed E-state index contributed by atoms with van der Waals surface area (Å²) < 4.78 is 6.00. The predicted molar refractivity (Wildman–Crippen MR) is 110 cm³/mol. The summed E-state index contributed by atoms with van der Waals surface area (Å²) in [6, 6.07) is 4.64. The van der Waals surface area contributed by atoms with Crippen LogP contribution in [-0.2, 0) is 4.74 Å². The van der Waals surface area contributed by atoms with Gasteiger partial charge in [-0.1, -0.05) is 35.3 Å². The number of fused-ring (bicyclic) bond motifs is 1. The summed E-state index contributed by atoms with van der Waals surface area (Å²) >= 11 is 12.0. The fourth-order valence-corrected chi connectivity index (χ4v) is 4.44. The Morgan fingerprint density at radius 3 is 2.69 bits per heavy atom. The first-order valence-corrected chi connectivity index (χ1v) is 9.85. The molecule has 3 aliphatic rings. The number of halogens is 2. The lowest BCUT2D eigenvalue weighted by Crippen LogP contribution is -2.57. The number of ether oxygens (including phenoxy) is 1. The topological polar surface area (TPSA) is 124 Å². The van der Waals surface area contributed by atoms with Gasteiger partial charge < -0.3 is 30.7 Å². The number of aliphatic imine (C=N–C) groups is 2.